The molecule has 0 bridgehead atoms. The van der Waals surface area contributed by atoms with Crippen LogP contribution in [0.15, 0.2) is 48.1 Å². The summed E-state index contributed by atoms with van der Waals surface area (Å²) in [4.78, 5) is 10.7. The normalized spacial score (nSPS) is 12.6. The third kappa shape index (κ3) is 4.07. The van der Waals surface area contributed by atoms with Crippen LogP contribution in [0.2, 0.25) is 0 Å². The van der Waals surface area contributed by atoms with Gasteiger partial charge in [-0.1, -0.05) is 18.7 Å². The van der Waals surface area contributed by atoms with Gasteiger partial charge in [0.05, 0.1) is 11.6 Å². The maximum Gasteiger partial charge on any atom is 0.335 e. The highest BCUT2D eigenvalue weighted by Gasteiger charge is 2.04. The standard InChI is InChI=1S/C11H11NO2/c1-3-4-7-10(11(13)14)9(2)6-5-8-12/h3-7H,1H2,2H3,(H,13,14). The first-order valence-corrected chi connectivity index (χ1v) is 3.93. The second-order valence-corrected chi connectivity index (χ2v) is 2.46. The van der Waals surface area contributed by atoms with Gasteiger partial charge in [-0.3, -0.25) is 0 Å². The summed E-state index contributed by atoms with van der Waals surface area (Å²) < 4.78 is 0. The van der Waals surface area contributed by atoms with Crippen molar-refractivity contribution in [3.8, 4) is 6.07 Å². The number of nitriles is 1. The molecule has 1 N–H and O–H groups in total. The van der Waals surface area contributed by atoms with Gasteiger partial charge in [-0.25, -0.2) is 4.79 Å². The molecule has 0 radical (unpaired) electrons. The fourth-order valence-corrected chi connectivity index (χ4v) is 0.788. The molecule has 0 aromatic carbocycles. The second kappa shape index (κ2) is 6.44. The summed E-state index contributed by atoms with van der Waals surface area (Å²) in [6.45, 7) is 5.07. The monoisotopic (exact) mass is 189 g/mol. The van der Waals surface area contributed by atoms with E-state index >= 15 is 0 Å². The molecule has 0 unspecified atom stereocenters. The first kappa shape index (κ1) is 11.9. The molecule has 0 atom stereocenters. The lowest BCUT2D eigenvalue weighted by Crippen LogP contribution is -1.99. The van der Waals surface area contributed by atoms with Crippen LogP contribution in [0.25, 0.3) is 0 Å². The van der Waals surface area contributed by atoms with E-state index in [1.165, 1.54) is 30.4 Å². The van der Waals surface area contributed by atoms with Gasteiger partial charge >= 0.3 is 5.97 Å². The van der Waals surface area contributed by atoms with Crippen molar-refractivity contribution < 1.29 is 9.90 Å². The van der Waals surface area contributed by atoms with E-state index in [1.54, 1.807) is 13.0 Å². The van der Waals surface area contributed by atoms with E-state index in [2.05, 4.69) is 6.58 Å². The molecule has 0 fully saturated rings. The molecule has 0 spiro atoms. The van der Waals surface area contributed by atoms with E-state index in [1.807, 2.05) is 0 Å². The zero-order valence-electron chi connectivity index (χ0n) is 7.90. The van der Waals surface area contributed by atoms with Crippen LogP contribution in [-0.2, 0) is 4.79 Å². The van der Waals surface area contributed by atoms with Gasteiger partial charge in [0.15, 0.2) is 0 Å². The fourth-order valence-electron chi connectivity index (χ4n) is 0.788. The van der Waals surface area contributed by atoms with E-state index in [-0.39, 0.29) is 5.57 Å². The molecule has 3 nitrogen and oxygen atoms in total. The van der Waals surface area contributed by atoms with Crippen LogP contribution in [0.1, 0.15) is 6.92 Å². The minimum Gasteiger partial charge on any atom is -0.478 e. The van der Waals surface area contributed by atoms with Crippen LogP contribution in [0, 0.1) is 11.3 Å². The van der Waals surface area contributed by atoms with E-state index in [4.69, 9.17) is 10.4 Å². The van der Waals surface area contributed by atoms with Crippen LogP contribution in [0.5, 0.6) is 0 Å². The highest BCUT2D eigenvalue weighted by molar-refractivity contribution is 5.91. The molecule has 0 amide bonds. The topological polar surface area (TPSA) is 61.1 Å². The summed E-state index contributed by atoms with van der Waals surface area (Å²) in [6.07, 6.45) is 7.15. The van der Waals surface area contributed by atoms with Gasteiger partial charge in [0, 0.05) is 6.08 Å². The third-order valence-electron chi connectivity index (χ3n) is 1.46. The molecule has 0 aliphatic heterocycles. The average molecular weight is 189 g/mol. The Morgan fingerprint density at radius 2 is 2.14 bits per heavy atom. The average Bonchev–Trinajstić information content (AvgIpc) is 2.14. The number of rotatable bonds is 4. The molecule has 0 aliphatic carbocycles. The minimum absolute atomic E-state index is 0.149. The van der Waals surface area contributed by atoms with Crippen LogP contribution < -0.4 is 0 Å². The number of aliphatic carboxylic acids is 1. The molecule has 0 aliphatic rings. The number of carbonyl (C=O) groups is 1. The van der Waals surface area contributed by atoms with Crippen molar-refractivity contribution in [2.24, 2.45) is 0 Å². The molecule has 0 aromatic heterocycles. The highest BCUT2D eigenvalue weighted by Crippen LogP contribution is 2.07. The Kier molecular flexibility index (Phi) is 5.48. The molecular weight excluding hydrogens is 178 g/mol. The molecule has 0 rings (SSSR count). The van der Waals surface area contributed by atoms with Crippen LogP contribution in [-0.4, -0.2) is 11.1 Å². The molecule has 0 saturated carbocycles. The Bertz CT molecular complexity index is 354. The first-order valence-electron chi connectivity index (χ1n) is 3.93. The lowest BCUT2D eigenvalue weighted by Gasteiger charge is -1.97. The smallest absolute Gasteiger partial charge is 0.335 e. The number of nitrogens with zero attached hydrogens (tertiary/aromatic N) is 1. The lowest BCUT2D eigenvalue weighted by molar-refractivity contribution is -0.132. The summed E-state index contributed by atoms with van der Waals surface area (Å²) in [7, 11) is 0. The van der Waals surface area contributed by atoms with Crippen molar-refractivity contribution in [1.29, 1.82) is 5.26 Å². The summed E-state index contributed by atoms with van der Waals surface area (Å²) >= 11 is 0. The van der Waals surface area contributed by atoms with Crippen LogP contribution in [0.3, 0.4) is 0 Å². The Hall–Kier alpha value is -2.08. The number of hydrogen-bond acceptors (Lipinski definition) is 2. The Labute approximate surface area is 83.0 Å². The summed E-state index contributed by atoms with van der Waals surface area (Å²) in [6, 6.07) is 1.80. The predicted octanol–water partition coefficient (Wildman–Crippen LogP) is 2.21. The number of carboxylic acids is 1. The van der Waals surface area contributed by atoms with E-state index in [9.17, 15) is 4.79 Å². The SMILES string of the molecule is C=CC=CC(C(=O)O)=C(C)C=CC#N. The van der Waals surface area contributed by atoms with E-state index in [0.717, 1.165) is 0 Å². The van der Waals surface area contributed by atoms with E-state index in [0.29, 0.717) is 5.57 Å². The highest BCUT2D eigenvalue weighted by atomic mass is 16.4. The quantitative estimate of drug-likeness (QED) is 0.419. The molecule has 3 heteroatoms. The predicted molar refractivity (Wildman–Crippen MR) is 54.4 cm³/mol. The number of carboxylic acid groups (broad SMARTS) is 1. The largest absolute Gasteiger partial charge is 0.478 e. The van der Waals surface area contributed by atoms with E-state index < -0.39 is 5.97 Å². The molecule has 0 heterocycles. The van der Waals surface area contributed by atoms with Crippen molar-refractivity contribution in [1.82, 2.24) is 0 Å². The maximum absolute atomic E-state index is 10.7. The maximum atomic E-state index is 10.7. The fraction of sp³-hybridized carbons (Fsp3) is 0.0909. The van der Waals surface area contributed by atoms with Gasteiger partial charge < -0.3 is 5.11 Å². The molecular formula is C11H11NO2. The number of hydrogen-bond donors (Lipinski definition) is 1. The van der Waals surface area contributed by atoms with Gasteiger partial charge in [-0.2, -0.15) is 5.26 Å². The summed E-state index contributed by atoms with van der Waals surface area (Å²) in [5.41, 5.74) is 0.675. The van der Waals surface area contributed by atoms with Crippen molar-refractivity contribution in [3.05, 3.63) is 48.1 Å². The van der Waals surface area contributed by atoms with Crippen molar-refractivity contribution in [2.45, 2.75) is 6.92 Å². The van der Waals surface area contributed by atoms with Gasteiger partial charge in [-0.15, -0.1) is 0 Å². The molecule has 0 saturated heterocycles. The number of allylic oxidation sites excluding steroid dienone is 5. The Morgan fingerprint density at radius 1 is 1.50 bits per heavy atom. The van der Waals surface area contributed by atoms with Crippen LogP contribution >= 0.6 is 0 Å². The molecule has 0 aromatic rings. The Morgan fingerprint density at radius 3 is 2.57 bits per heavy atom. The zero-order chi connectivity index (χ0) is 11.0. The minimum atomic E-state index is -1.02. The first-order chi connectivity index (χ1) is 6.63. The van der Waals surface area contributed by atoms with Crippen molar-refractivity contribution in [3.63, 3.8) is 0 Å². The molecule has 72 valence electrons. The van der Waals surface area contributed by atoms with Crippen molar-refractivity contribution >= 4 is 5.97 Å². The van der Waals surface area contributed by atoms with Gasteiger partial charge in [0.2, 0.25) is 0 Å². The summed E-state index contributed by atoms with van der Waals surface area (Å²) in [5, 5.41) is 17.1. The molecule has 14 heavy (non-hydrogen) atoms. The van der Waals surface area contributed by atoms with Crippen LogP contribution in [0.4, 0.5) is 0 Å². The third-order valence-corrected chi connectivity index (χ3v) is 1.46. The zero-order valence-corrected chi connectivity index (χ0v) is 7.90. The Balaban J connectivity index is 5.06. The van der Waals surface area contributed by atoms with Gasteiger partial charge in [0.25, 0.3) is 0 Å². The summed E-state index contributed by atoms with van der Waals surface area (Å²) in [5.74, 6) is -1.02. The lowest BCUT2D eigenvalue weighted by atomic mass is 10.1. The van der Waals surface area contributed by atoms with Gasteiger partial charge in [-0.05, 0) is 24.6 Å². The van der Waals surface area contributed by atoms with Crippen molar-refractivity contribution in [2.75, 3.05) is 0 Å². The second-order valence-electron chi connectivity index (χ2n) is 2.46. The van der Waals surface area contributed by atoms with Gasteiger partial charge in [0.1, 0.15) is 0 Å².